The number of hydrogen-bond acceptors (Lipinski definition) is 3. The highest BCUT2D eigenvalue weighted by Gasteiger charge is 2.30. The zero-order valence-corrected chi connectivity index (χ0v) is 13.4. The summed E-state index contributed by atoms with van der Waals surface area (Å²) in [5.41, 5.74) is 4.18. The summed E-state index contributed by atoms with van der Waals surface area (Å²) in [6.45, 7) is 13.6. The van der Waals surface area contributed by atoms with Crippen LogP contribution in [0.25, 0.3) is 0 Å². The Balaban J connectivity index is 2.84. The summed E-state index contributed by atoms with van der Waals surface area (Å²) in [6.07, 6.45) is 0. The van der Waals surface area contributed by atoms with Crippen molar-refractivity contribution in [2.24, 2.45) is 0 Å². The van der Waals surface area contributed by atoms with Gasteiger partial charge in [0, 0.05) is 22.3 Å². The average Bonchev–Trinajstić information content (AvgIpc) is 2.35. The normalized spacial score (nSPS) is 14.8. The quantitative estimate of drug-likeness (QED) is 0.876. The van der Waals surface area contributed by atoms with Crippen molar-refractivity contribution < 1.29 is 14.6 Å². The van der Waals surface area contributed by atoms with Crippen LogP contribution in [-0.2, 0) is 11.3 Å². The Kier molecular flexibility index (Phi) is 4.28. The predicted octanol–water partition coefficient (Wildman–Crippen LogP) is 4.63. The first-order chi connectivity index (χ1) is 9.36. The number of hydrogen-bond donors (Lipinski definition) is 1. The van der Waals surface area contributed by atoms with E-state index < -0.39 is 0 Å². The van der Waals surface area contributed by atoms with Gasteiger partial charge in [0.1, 0.15) is 11.5 Å². The fourth-order valence-electron chi connectivity index (χ4n) is 3.15. The molecule has 0 saturated heterocycles. The van der Waals surface area contributed by atoms with Gasteiger partial charge >= 0.3 is 0 Å². The van der Waals surface area contributed by atoms with Crippen molar-refractivity contribution >= 4 is 0 Å². The van der Waals surface area contributed by atoms with E-state index in [0.717, 1.165) is 28.0 Å². The first-order valence-corrected chi connectivity index (χ1v) is 7.48. The maximum Gasteiger partial charge on any atom is 0.189 e. The van der Waals surface area contributed by atoms with Crippen molar-refractivity contribution in [3.63, 3.8) is 0 Å². The zero-order valence-electron chi connectivity index (χ0n) is 13.4. The van der Waals surface area contributed by atoms with E-state index in [1.807, 2.05) is 0 Å². The van der Waals surface area contributed by atoms with Crippen LogP contribution in [0.15, 0.2) is 0 Å². The Labute approximate surface area is 121 Å². The molecule has 3 heteroatoms. The molecule has 2 rings (SSSR count). The number of phenols is 1. The summed E-state index contributed by atoms with van der Waals surface area (Å²) < 4.78 is 11.3. The lowest BCUT2D eigenvalue weighted by molar-refractivity contribution is -0.0180. The van der Waals surface area contributed by atoms with E-state index in [4.69, 9.17) is 9.47 Å². The molecule has 0 fully saturated rings. The maximum atomic E-state index is 10.8. The minimum Gasteiger partial charge on any atom is -0.507 e. The van der Waals surface area contributed by atoms with Crippen molar-refractivity contribution in [3.05, 3.63) is 22.3 Å². The van der Waals surface area contributed by atoms with E-state index in [-0.39, 0.29) is 11.8 Å². The van der Waals surface area contributed by atoms with Gasteiger partial charge < -0.3 is 14.6 Å². The summed E-state index contributed by atoms with van der Waals surface area (Å²) in [5.74, 6) is 2.20. The van der Waals surface area contributed by atoms with Gasteiger partial charge in [-0.15, -0.1) is 0 Å². The van der Waals surface area contributed by atoms with Crippen molar-refractivity contribution in [2.75, 3.05) is 6.79 Å². The molecule has 3 nitrogen and oxygen atoms in total. The van der Waals surface area contributed by atoms with Crippen molar-refractivity contribution in [1.29, 1.82) is 0 Å². The molecule has 1 aromatic rings. The van der Waals surface area contributed by atoms with E-state index in [9.17, 15) is 5.11 Å². The molecule has 0 aromatic heterocycles. The summed E-state index contributed by atoms with van der Waals surface area (Å²) in [5, 5.41) is 10.8. The van der Waals surface area contributed by atoms with Crippen LogP contribution < -0.4 is 4.74 Å². The zero-order chi connectivity index (χ0) is 15.0. The molecule has 0 unspecified atom stereocenters. The minimum atomic E-state index is 0.243. The number of rotatable bonds is 3. The second kappa shape index (κ2) is 5.65. The molecule has 0 amide bonds. The summed E-state index contributed by atoms with van der Waals surface area (Å²) >= 11 is 0. The summed E-state index contributed by atoms with van der Waals surface area (Å²) in [7, 11) is 0. The number of ether oxygens (including phenoxy) is 2. The number of fused-ring (bicyclic) bond motifs is 1. The Morgan fingerprint density at radius 3 is 1.90 bits per heavy atom. The van der Waals surface area contributed by atoms with Gasteiger partial charge in [-0.1, -0.05) is 41.5 Å². The SMILES string of the molecule is CC(C)c1c(O)c(C(C)C)c(C(C)C)c2c1COCO2. The molecule has 1 aromatic carbocycles. The second-order valence-electron chi connectivity index (χ2n) is 6.47. The highest BCUT2D eigenvalue weighted by molar-refractivity contribution is 5.61. The molecule has 20 heavy (non-hydrogen) atoms. The van der Waals surface area contributed by atoms with Gasteiger partial charge in [0.15, 0.2) is 6.79 Å². The lowest BCUT2D eigenvalue weighted by Crippen LogP contribution is -2.18. The first-order valence-electron chi connectivity index (χ1n) is 7.48. The highest BCUT2D eigenvalue weighted by Crippen LogP contribution is 2.48. The fraction of sp³-hybridized carbons (Fsp3) is 0.647. The molecule has 0 spiro atoms. The van der Waals surface area contributed by atoms with Gasteiger partial charge in [-0.2, -0.15) is 0 Å². The molecular weight excluding hydrogens is 252 g/mol. The highest BCUT2D eigenvalue weighted by atomic mass is 16.7. The Hall–Kier alpha value is -1.22. The lowest BCUT2D eigenvalue weighted by Gasteiger charge is -2.30. The maximum absolute atomic E-state index is 10.8. The molecule has 1 N–H and O–H groups in total. The third-order valence-corrected chi connectivity index (χ3v) is 3.91. The number of phenolic OH excluding ortho intramolecular Hbond substituents is 1. The predicted molar refractivity (Wildman–Crippen MR) is 80.7 cm³/mol. The largest absolute Gasteiger partial charge is 0.507 e. The molecule has 1 aliphatic heterocycles. The van der Waals surface area contributed by atoms with Crippen LogP contribution in [0.3, 0.4) is 0 Å². The van der Waals surface area contributed by atoms with Gasteiger partial charge in [-0.05, 0) is 17.8 Å². The number of aromatic hydroxyl groups is 1. The van der Waals surface area contributed by atoms with Gasteiger partial charge in [0.25, 0.3) is 0 Å². The molecule has 0 aliphatic carbocycles. The van der Waals surface area contributed by atoms with Gasteiger partial charge in [0.05, 0.1) is 6.61 Å². The van der Waals surface area contributed by atoms with Crippen molar-refractivity contribution in [1.82, 2.24) is 0 Å². The van der Waals surface area contributed by atoms with E-state index in [2.05, 4.69) is 41.5 Å². The van der Waals surface area contributed by atoms with Crippen LogP contribution in [0.4, 0.5) is 0 Å². The number of benzene rings is 1. The molecule has 0 radical (unpaired) electrons. The Morgan fingerprint density at radius 1 is 0.850 bits per heavy atom. The fourth-order valence-corrected chi connectivity index (χ4v) is 3.15. The van der Waals surface area contributed by atoms with Gasteiger partial charge in [-0.25, -0.2) is 0 Å². The van der Waals surface area contributed by atoms with Crippen LogP contribution in [0.2, 0.25) is 0 Å². The van der Waals surface area contributed by atoms with Crippen LogP contribution in [0.5, 0.6) is 11.5 Å². The second-order valence-corrected chi connectivity index (χ2v) is 6.47. The van der Waals surface area contributed by atoms with E-state index in [0.29, 0.717) is 25.1 Å². The van der Waals surface area contributed by atoms with E-state index in [1.54, 1.807) is 0 Å². The Morgan fingerprint density at radius 2 is 1.40 bits per heavy atom. The summed E-state index contributed by atoms with van der Waals surface area (Å²) in [4.78, 5) is 0. The van der Waals surface area contributed by atoms with Crippen molar-refractivity contribution in [3.8, 4) is 11.5 Å². The van der Waals surface area contributed by atoms with Crippen LogP contribution in [0, 0.1) is 0 Å². The molecule has 0 atom stereocenters. The Bertz CT molecular complexity index is 502. The van der Waals surface area contributed by atoms with E-state index in [1.165, 1.54) is 0 Å². The molecule has 112 valence electrons. The average molecular weight is 278 g/mol. The van der Waals surface area contributed by atoms with E-state index >= 15 is 0 Å². The minimum absolute atomic E-state index is 0.243. The topological polar surface area (TPSA) is 38.7 Å². The monoisotopic (exact) mass is 278 g/mol. The lowest BCUT2D eigenvalue weighted by atomic mass is 9.82. The molecule has 1 heterocycles. The van der Waals surface area contributed by atoms with Crippen LogP contribution in [0.1, 0.15) is 81.5 Å². The third-order valence-electron chi connectivity index (χ3n) is 3.91. The van der Waals surface area contributed by atoms with Gasteiger partial charge in [0.2, 0.25) is 0 Å². The molecule has 1 aliphatic rings. The smallest absolute Gasteiger partial charge is 0.189 e. The molecular formula is C17H26O3. The van der Waals surface area contributed by atoms with Crippen LogP contribution >= 0.6 is 0 Å². The summed E-state index contributed by atoms with van der Waals surface area (Å²) in [6, 6.07) is 0. The molecule has 0 saturated carbocycles. The van der Waals surface area contributed by atoms with Crippen molar-refractivity contribution in [2.45, 2.75) is 65.9 Å². The van der Waals surface area contributed by atoms with Gasteiger partial charge in [-0.3, -0.25) is 0 Å². The third kappa shape index (κ3) is 2.39. The standard InChI is InChI=1S/C17H26O3/c1-9(2)13-12-7-19-8-20-17(12)15(11(5)6)14(10(3)4)16(13)18/h9-11,18H,7-8H2,1-6H3. The van der Waals surface area contributed by atoms with Crippen LogP contribution in [-0.4, -0.2) is 11.9 Å². The first kappa shape index (κ1) is 15.2. The molecule has 0 bridgehead atoms.